The smallest absolute Gasteiger partial charge is 0.330 e. The molecule has 0 amide bonds. The molecule has 42 heavy (non-hydrogen) atoms. The van der Waals surface area contributed by atoms with Gasteiger partial charge < -0.3 is 28.7 Å². The second-order valence-corrected chi connectivity index (χ2v) is 13.0. The number of aliphatic hydroxyl groups is 2. The third-order valence-electron chi connectivity index (χ3n) is 6.44. The summed E-state index contributed by atoms with van der Waals surface area (Å²) >= 11 is 5.66. The number of alkyl halides is 2. The molecule has 1 aliphatic rings. The van der Waals surface area contributed by atoms with Crippen molar-refractivity contribution in [3.05, 3.63) is 75.6 Å². The normalized spacial score (nSPS) is 24.5. The molecule has 1 aliphatic heterocycles. The summed E-state index contributed by atoms with van der Waals surface area (Å²) in [7, 11) is 0. The molecular formula is C26H30F2N3O9PS. The molecule has 0 saturated carbocycles. The molecule has 0 radical (unpaired) electrons. The van der Waals surface area contributed by atoms with Gasteiger partial charge in [-0.1, -0.05) is 36.4 Å². The highest BCUT2D eigenvalue weighted by Crippen LogP contribution is 2.50. The number of carbonyl (C=O) groups excluding carboxylic acids is 1. The second-order valence-electron chi connectivity index (χ2n) is 9.89. The van der Waals surface area contributed by atoms with Gasteiger partial charge in [0.05, 0.1) is 12.7 Å². The Morgan fingerprint density at radius 1 is 1.17 bits per heavy atom. The SMILES string of the molecule is CC(C)OC(=O)[C@H](C)NP(=S)(OC[C@@]1(C(F)F)O[C@@H](n2ccc(=O)[nH]c2=O)[C@H](O)[C@H]1O)Oc1cccc2ccccc12. The Kier molecular flexibility index (Phi) is 9.62. The number of fused-ring (bicyclic) bond motifs is 1. The van der Waals surface area contributed by atoms with Gasteiger partial charge in [-0.25, -0.2) is 18.7 Å². The number of ether oxygens (including phenoxy) is 2. The first-order valence-electron chi connectivity index (χ1n) is 12.8. The quantitative estimate of drug-likeness (QED) is 0.182. The number of H-pyrrole nitrogens is 1. The topological polar surface area (TPSA) is 161 Å². The summed E-state index contributed by atoms with van der Waals surface area (Å²) in [4.78, 5) is 38.2. The van der Waals surface area contributed by atoms with Gasteiger partial charge in [0.25, 0.3) is 12.0 Å². The standard InChI is InChI=1S/C26H30F2N3O9PS/c1-14(2)38-23(35)15(3)30-41(42,40-18-10-6-8-16-7-4-5-9-17(16)18)37-13-26(24(27)28)21(34)20(33)22(39-26)31-12-11-19(32)29-25(31)36/h4-12,14-15,20-22,24,33-34H,13H2,1-3H3,(H,30,42)(H,29,32,36)/t15-,20+,21+,22+,26+,41?/m0/s1. The Morgan fingerprint density at radius 3 is 2.52 bits per heavy atom. The number of benzene rings is 2. The number of carbonyl (C=O) groups is 1. The van der Waals surface area contributed by atoms with Gasteiger partial charge in [-0.05, 0) is 44.0 Å². The van der Waals surface area contributed by atoms with E-state index in [1.807, 2.05) is 23.2 Å². The average molecular weight is 630 g/mol. The van der Waals surface area contributed by atoms with Crippen LogP contribution in [0.25, 0.3) is 10.8 Å². The highest BCUT2D eigenvalue weighted by Gasteiger charge is 2.61. The van der Waals surface area contributed by atoms with E-state index in [2.05, 4.69) is 5.09 Å². The van der Waals surface area contributed by atoms with Crippen molar-refractivity contribution in [1.82, 2.24) is 14.6 Å². The molecule has 16 heteroatoms. The molecule has 0 aliphatic carbocycles. The lowest BCUT2D eigenvalue weighted by Crippen LogP contribution is -2.53. The fourth-order valence-electron chi connectivity index (χ4n) is 4.33. The average Bonchev–Trinajstić information content (AvgIpc) is 3.18. The zero-order valence-electron chi connectivity index (χ0n) is 22.7. The number of aromatic amines is 1. The third kappa shape index (κ3) is 6.62. The minimum atomic E-state index is -3.93. The number of nitrogens with zero attached hydrogens (tertiary/aromatic N) is 1. The Bertz CT molecular complexity index is 1600. The lowest BCUT2D eigenvalue weighted by Gasteiger charge is -2.34. The Hall–Kier alpha value is -3.04. The van der Waals surface area contributed by atoms with Crippen molar-refractivity contribution in [3.8, 4) is 5.75 Å². The van der Waals surface area contributed by atoms with Crippen LogP contribution in [-0.2, 0) is 30.6 Å². The molecule has 4 N–H and O–H groups in total. The molecule has 228 valence electrons. The second kappa shape index (κ2) is 12.7. The maximum Gasteiger partial charge on any atom is 0.330 e. The van der Waals surface area contributed by atoms with Crippen molar-refractivity contribution in [1.29, 1.82) is 0 Å². The zero-order chi connectivity index (χ0) is 30.8. The summed E-state index contributed by atoms with van der Waals surface area (Å²) < 4.78 is 52.4. The minimum absolute atomic E-state index is 0.227. The number of hydrogen-bond donors (Lipinski definition) is 4. The highest BCUT2D eigenvalue weighted by atomic mass is 32.5. The fraction of sp³-hybridized carbons (Fsp3) is 0.423. The van der Waals surface area contributed by atoms with Gasteiger partial charge in [-0.2, -0.15) is 0 Å². The third-order valence-corrected chi connectivity index (χ3v) is 8.90. The van der Waals surface area contributed by atoms with Crippen molar-refractivity contribution in [2.24, 2.45) is 0 Å². The lowest BCUT2D eigenvalue weighted by atomic mass is 9.96. The van der Waals surface area contributed by atoms with Crippen molar-refractivity contribution >= 4 is 35.2 Å². The van der Waals surface area contributed by atoms with Crippen LogP contribution < -0.4 is 20.9 Å². The van der Waals surface area contributed by atoms with Crippen LogP contribution >= 0.6 is 6.64 Å². The summed E-state index contributed by atoms with van der Waals surface area (Å²) in [6, 6.07) is 12.0. The first kappa shape index (κ1) is 31.9. The van der Waals surface area contributed by atoms with Gasteiger partial charge in [0.1, 0.15) is 24.0 Å². The predicted octanol–water partition coefficient (Wildman–Crippen LogP) is 2.19. The van der Waals surface area contributed by atoms with E-state index in [-0.39, 0.29) is 5.75 Å². The van der Waals surface area contributed by atoms with Crippen LogP contribution in [0.3, 0.4) is 0 Å². The van der Waals surface area contributed by atoms with E-state index in [9.17, 15) is 33.4 Å². The van der Waals surface area contributed by atoms with Crippen molar-refractivity contribution in [2.75, 3.05) is 6.61 Å². The molecule has 12 nitrogen and oxygen atoms in total. The maximum absolute atomic E-state index is 14.6. The molecule has 1 fully saturated rings. The summed E-state index contributed by atoms with van der Waals surface area (Å²) in [6.45, 7) is -0.343. The lowest BCUT2D eigenvalue weighted by molar-refractivity contribution is -0.192. The van der Waals surface area contributed by atoms with Crippen LogP contribution in [0.2, 0.25) is 0 Å². The molecule has 1 unspecified atom stereocenters. The molecule has 1 saturated heterocycles. The summed E-state index contributed by atoms with van der Waals surface area (Å²) in [6.07, 6.45) is -9.11. The van der Waals surface area contributed by atoms with E-state index in [1.165, 1.54) is 6.92 Å². The van der Waals surface area contributed by atoms with Crippen LogP contribution in [0.15, 0.2) is 64.3 Å². The highest BCUT2D eigenvalue weighted by molar-refractivity contribution is 8.09. The van der Waals surface area contributed by atoms with Crippen molar-refractivity contribution in [3.63, 3.8) is 0 Å². The Labute approximate surface area is 243 Å². The molecule has 0 bridgehead atoms. The molecular weight excluding hydrogens is 599 g/mol. The van der Waals surface area contributed by atoms with E-state index in [4.69, 9.17) is 30.3 Å². The van der Waals surface area contributed by atoms with Gasteiger partial charge in [-0.15, -0.1) is 0 Å². The van der Waals surface area contributed by atoms with E-state index in [0.29, 0.717) is 9.95 Å². The molecule has 2 heterocycles. The van der Waals surface area contributed by atoms with E-state index in [1.54, 1.807) is 38.1 Å². The van der Waals surface area contributed by atoms with Gasteiger partial charge in [-0.3, -0.25) is 19.1 Å². The molecule has 0 spiro atoms. The van der Waals surface area contributed by atoms with Gasteiger partial charge >= 0.3 is 18.3 Å². The van der Waals surface area contributed by atoms with Crippen molar-refractivity contribution < 1.29 is 42.3 Å². The van der Waals surface area contributed by atoms with E-state index in [0.717, 1.165) is 17.6 Å². The zero-order valence-corrected chi connectivity index (χ0v) is 24.4. The maximum atomic E-state index is 14.6. The summed E-state index contributed by atoms with van der Waals surface area (Å²) in [5, 5.41) is 25.5. The largest absolute Gasteiger partial charge is 0.462 e. The van der Waals surface area contributed by atoms with Gasteiger partial charge in [0.2, 0.25) is 0 Å². The molecule has 6 atom stereocenters. The number of hydrogen-bond acceptors (Lipinski definition) is 10. The molecule has 1 aromatic heterocycles. The predicted molar refractivity (Wildman–Crippen MR) is 151 cm³/mol. The van der Waals surface area contributed by atoms with Crippen LogP contribution in [0.1, 0.15) is 27.0 Å². The number of aromatic nitrogens is 2. The summed E-state index contributed by atoms with van der Waals surface area (Å²) in [5.41, 5.74) is -4.72. The number of esters is 1. The van der Waals surface area contributed by atoms with Crippen LogP contribution in [0, 0.1) is 0 Å². The Balaban J connectivity index is 1.68. The number of halogens is 2. The van der Waals surface area contributed by atoms with Crippen LogP contribution in [0.5, 0.6) is 5.75 Å². The number of rotatable bonds is 11. The minimum Gasteiger partial charge on any atom is -0.462 e. The van der Waals surface area contributed by atoms with Gasteiger partial charge in [0.15, 0.2) is 11.8 Å². The van der Waals surface area contributed by atoms with Crippen LogP contribution in [0.4, 0.5) is 8.78 Å². The number of nitrogens with one attached hydrogen (secondary N) is 2. The van der Waals surface area contributed by atoms with Gasteiger partial charge in [0, 0.05) is 17.6 Å². The fourth-order valence-corrected chi connectivity index (χ4v) is 6.75. The number of aliphatic hydroxyl groups excluding tert-OH is 2. The first-order valence-corrected chi connectivity index (χ1v) is 15.4. The molecule has 4 rings (SSSR count). The van der Waals surface area contributed by atoms with Crippen LogP contribution in [-0.4, -0.2) is 68.7 Å². The molecule has 3 aromatic rings. The van der Waals surface area contributed by atoms with E-state index >= 15 is 0 Å². The Morgan fingerprint density at radius 2 is 1.86 bits per heavy atom. The van der Waals surface area contributed by atoms with E-state index < -0.39 is 73.1 Å². The summed E-state index contributed by atoms with van der Waals surface area (Å²) in [5.74, 6) is -0.483. The molecule has 2 aromatic carbocycles. The van der Waals surface area contributed by atoms with Crippen molar-refractivity contribution in [2.45, 2.75) is 63.4 Å². The first-order chi connectivity index (χ1) is 19.8. The monoisotopic (exact) mass is 629 g/mol.